The third kappa shape index (κ3) is 5.83. The standard InChI is InChI=1S/C20H34N4O3/c1-15(2)17(25)22-20(13-21)9-6-10-24(14-20)16-7-11-23(12-8-16)18(26)27-19(3,4)5/h15-16H,6-12,14H2,1-5H3,(H,22,25). The van der Waals surface area contributed by atoms with E-state index >= 15 is 0 Å². The second-order valence-corrected chi connectivity index (χ2v) is 9.11. The quantitative estimate of drug-likeness (QED) is 0.815. The number of carbonyl (C=O) groups is 2. The SMILES string of the molecule is CC(C)C(=O)NC1(C#N)CCCN(C2CCN(C(=O)OC(C)(C)C)CC2)C1. The Bertz CT molecular complexity index is 585. The molecule has 7 heteroatoms. The highest BCUT2D eigenvalue weighted by Gasteiger charge is 2.40. The number of nitrogens with zero attached hydrogens (tertiary/aromatic N) is 3. The minimum atomic E-state index is -0.804. The molecule has 27 heavy (non-hydrogen) atoms. The summed E-state index contributed by atoms with van der Waals surface area (Å²) in [4.78, 5) is 28.5. The van der Waals surface area contributed by atoms with E-state index in [0.29, 0.717) is 32.1 Å². The van der Waals surface area contributed by atoms with Crippen molar-refractivity contribution in [3.8, 4) is 6.07 Å². The topological polar surface area (TPSA) is 85.7 Å². The average molecular weight is 379 g/mol. The van der Waals surface area contributed by atoms with E-state index in [-0.39, 0.29) is 17.9 Å². The van der Waals surface area contributed by atoms with Gasteiger partial charge in [0.15, 0.2) is 0 Å². The average Bonchev–Trinajstić information content (AvgIpc) is 2.60. The zero-order valence-electron chi connectivity index (χ0n) is 17.4. The minimum absolute atomic E-state index is 0.0712. The monoisotopic (exact) mass is 378 g/mol. The zero-order chi connectivity index (χ0) is 20.2. The highest BCUT2D eigenvalue weighted by atomic mass is 16.6. The Kier molecular flexibility index (Phi) is 6.74. The van der Waals surface area contributed by atoms with Gasteiger partial charge in [0.1, 0.15) is 11.1 Å². The second kappa shape index (κ2) is 8.47. The molecular weight excluding hydrogens is 344 g/mol. The maximum Gasteiger partial charge on any atom is 0.410 e. The number of likely N-dealkylation sites (tertiary alicyclic amines) is 2. The molecule has 7 nitrogen and oxygen atoms in total. The van der Waals surface area contributed by atoms with E-state index in [4.69, 9.17) is 4.74 Å². The fraction of sp³-hybridized carbons (Fsp3) is 0.850. The van der Waals surface area contributed by atoms with Gasteiger partial charge in [-0.05, 0) is 53.0 Å². The number of nitriles is 1. The van der Waals surface area contributed by atoms with Crippen molar-refractivity contribution in [1.82, 2.24) is 15.1 Å². The van der Waals surface area contributed by atoms with Crippen LogP contribution in [0.3, 0.4) is 0 Å². The van der Waals surface area contributed by atoms with Gasteiger partial charge in [0.05, 0.1) is 6.07 Å². The lowest BCUT2D eigenvalue weighted by atomic mass is 9.87. The number of rotatable bonds is 3. The first-order valence-corrected chi connectivity index (χ1v) is 10.0. The molecule has 2 rings (SSSR count). The van der Waals surface area contributed by atoms with Gasteiger partial charge in [0.25, 0.3) is 0 Å². The maximum atomic E-state index is 12.2. The fourth-order valence-corrected chi connectivity index (χ4v) is 3.74. The molecule has 1 unspecified atom stereocenters. The summed E-state index contributed by atoms with van der Waals surface area (Å²) >= 11 is 0. The van der Waals surface area contributed by atoms with Crippen molar-refractivity contribution in [3.05, 3.63) is 0 Å². The molecule has 0 aromatic rings. The third-order valence-electron chi connectivity index (χ3n) is 5.26. The van der Waals surface area contributed by atoms with Crippen LogP contribution in [0, 0.1) is 17.2 Å². The molecule has 0 radical (unpaired) electrons. The molecule has 2 amide bonds. The summed E-state index contributed by atoms with van der Waals surface area (Å²) in [5.74, 6) is -0.208. The van der Waals surface area contributed by atoms with E-state index in [1.165, 1.54) is 0 Å². The molecule has 2 aliphatic rings. The van der Waals surface area contributed by atoms with Crippen LogP contribution in [-0.4, -0.2) is 65.2 Å². The predicted octanol–water partition coefficient (Wildman–Crippen LogP) is 2.52. The number of carbonyl (C=O) groups excluding carboxylic acids is 2. The highest BCUT2D eigenvalue weighted by Crippen LogP contribution is 2.27. The summed E-state index contributed by atoms with van der Waals surface area (Å²) in [7, 11) is 0. The number of nitrogens with one attached hydrogen (secondary N) is 1. The summed E-state index contributed by atoms with van der Waals surface area (Å²) < 4.78 is 5.46. The molecule has 0 aromatic heterocycles. The lowest BCUT2D eigenvalue weighted by molar-refractivity contribution is -0.126. The van der Waals surface area contributed by atoms with Crippen molar-refractivity contribution in [3.63, 3.8) is 0 Å². The van der Waals surface area contributed by atoms with E-state index in [1.807, 2.05) is 34.6 Å². The highest BCUT2D eigenvalue weighted by molar-refractivity contribution is 5.79. The summed E-state index contributed by atoms with van der Waals surface area (Å²) in [6.45, 7) is 12.1. The summed E-state index contributed by atoms with van der Waals surface area (Å²) in [5, 5.41) is 12.7. The van der Waals surface area contributed by atoms with Gasteiger partial charge in [0.2, 0.25) is 5.91 Å². The van der Waals surface area contributed by atoms with Crippen LogP contribution in [0.15, 0.2) is 0 Å². The van der Waals surface area contributed by atoms with Crippen LogP contribution in [0.1, 0.15) is 60.3 Å². The molecule has 0 aliphatic carbocycles. The number of ether oxygens (including phenoxy) is 1. The van der Waals surface area contributed by atoms with E-state index in [2.05, 4.69) is 16.3 Å². The lowest BCUT2D eigenvalue weighted by Gasteiger charge is -2.45. The van der Waals surface area contributed by atoms with Crippen molar-refractivity contribution in [1.29, 1.82) is 5.26 Å². The normalized spacial score (nSPS) is 25.1. The Hall–Kier alpha value is -1.81. The van der Waals surface area contributed by atoms with E-state index in [0.717, 1.165) is 25.8 Å². The van der Waals surface area contributed by atoms with Crippen molar-refractivity contribution < 1.29 is 14.3 Å². The van der Waals surface area contributed by atoms with Gasteiger partial charge in [0, 0.05) is 31.6 Å². The number of amides is 2. The predicted molar refractivity (Wildman–Crippen MR) is 103 cm³/mol. The Morgan fingerprint density at radius 3 is 2.37 bits per heavy atom. The molecule has 0 aromatic carbocycles. The van der Waals surface area contributed by atoms with Crippen LogP contribution in [-0.2, 0) is 9.53 Å². The number of piperidine rings is 2. The first kappa shape index (κ1) is 21.5. The van der Waals surface area contributed by atoms with Gasteiger partial charge in [-0.25, -0.2) is 4.79 Å². The maximum absolute atomic E-state index is 12.2. The van der Waals surface area contributed by atoms with Gasteiger partial charge >= 0.3 is 6.09 Å². The largest absolute Gasteiger partial charge is 0.444 e. The van der Waals surface area contributed by atoms with Gasteiger partial charge in [-0.2, -0.15) is 5.26 Å². The van der Waals surface area contributed by atoms with Crippen LogP contribution >= 0.6 is 0 Å². The molecule has 2 heterocycles. The Morgan fingerprint density at radius 2 is 1.85 bits per heavy atom. The zero-order valence-corrected chi connectivity index (χ0v) is 17.4. The lowest BCUT2D eigenvalue weighted by Crippen LogP contribution is -2.61. The van der Waals surface area contributed by atoms with E-state index in [9.17, 15) is 14.9 Å². The van der Waals surface area contributed by atoms with Gasteiger partial charge in [-0.1, -0.05) is 13.8 Å². The first-order valence-electron chi connectivity index (χ1n) is 10.0. The molecular formula is C20H34N4O3. The smallest absolute Gasteiger partial charge is 0.410 e. The molecule has 2 saturated heterocycles. The molecule has 152 valence electrons. The first-order chi connectivity index (χ1) is 12.6. The Balaban J connectivity index is 1.93. The van der Waals surface area contributed by atoms with E-state index < -0.39 is 11.1 Å². The van der Waals surface area contributed by atoms with Gasteiger partial charge < -0.3 is 15.0 Å². The molecule has 1 N–H and O–H groups in total. The van der Waals surface area contributed by atoms with Crippen LogP contribution in [0.4, 0.5) is 4.79 Å². The fourth-order valence-electron chi connectivity index (χ4n) is 3.74. The third-order valence-corrected chi connectivity index (χ3v) is 5.26. The van der Waals surface area contributed by atoms with Crippen molar-refractivity contribution in [2.24, 2.45) is 5.92 Å². The number of hydrogen-bond donors (Lipinski definition) is 1. The van der Waals surface area contributed by atoms with Crippen LogP contribution in [0.2, 0.25) is 0 Å². The van der Waals surface area contributed by atoms with Gasteiger partial charge in [-0.3, -0.25) is 9.69 Å². The molecule has 2 aliphatic heterocycles. The molecule has 2 fully saturated rings. The van der Waals surface area contributed by atoms with Crippen LogP contribution < -0.4 is 5.32 Å². The van der Waals surface area contributed by atoms with Crippen LogP contribution in [0.25, 0.3) is 0 Å². The summed E-state index contributed by atoms with van der Waals surface area (Å²) in [6.07, 6.45) is 3.04. The molecule has 0 saturated carbocycles. The molecule has 0 bridgehead atoms. The van der Waals surface area contributed by atoms with E-state index in [1.54, 1.807) is 4.90 Å². The van der Waals surface area contributed by atoms with Gasteiger partial charge in [-0.15, -0.1) is 0 Å². The van der Waals surface area contributed by atoms with Crippen LogP contribution in [0.5, 0.6) is 0 Å². The minimum Gasteiger partial charge on any atom is -0.444 e. The summed E-state index contributed by atoms with van der Waals surface area (Å²) in [6, 6.07) is 2.69. The van der Waals surface area contributed by atoms with Crippen molar-refractivity contribution in [2.45, 2.75) is 77.5 Å². The Morgan fingerprint density at radius 1 is 1.22 bits per heavy atom. The van der Waals surface area contributed by atoms with Crippen molar-refractivity contribution in [2.75, 3.05) is 26.2 Å². The Labute approximate surface area is 163 Å². The molecule has 0 spiro atoms. The van der Waals surface area contributed by atoms with Crippen molar-refractivity contribution >= 4 is 12.0 Å². The second-order valence-electron chi connectivity index (χ2n) is 9.11. The number of hydrogen-bond acceptors (Lipinski definition) is 5. The summed E-state index contributed by atoms with van der Waals surface area (Å²) in [5.41, 5.74) is -1.29. The molecule has 1 atom stereocenters.